The highest BCUT2D eigenvalue weighted by Crippen LogP contribution is 2.15. The number of aliphatic carboxylic acids is 1. The smallest absolute Gasteiger partial charge is 0.303 e. The van der Waals surface area contributed by atoms with Crippen molar-refractivity contribution in [2.45, 2.75) is 26.7 Å². The summed E-state index contributed by atoms with van der Waals surface area (Å²) in [7, 11) is 0. The standard InChI is InChI=1S/C14H20N2O4/c1-9(2)3-10(4-13(18)19)6-16-14(20)11-5-12(17)8-15-7-11/h5,7-10,17H,3-4,6H2,1-2H3,(H,16,20)(H,18,19). The first-order valence-electron chi connectivity index (χ1n) is 6.52. The Kier molecular flexibility index (Phi) is 5.96. The molecule has 6 nitrogen and oxygen atoms in total. The molecule has 1 atom stereocenters. The lowest BCUT2D eigenvalue weighted by Crippen LogP contribution is -2.31. The fourth-order valence-corrected chi connectivity index (χ4v) is 2.04. The Morgan fingerprint density at radius 3 is 2.60 bits per heavy atom. The van der Waals surface area contributed by atoms with E-state index < -0.39 is 5.97 Å². The predicted octanol–water partition coefficient (Wildman–Crippen LogP) is 1.65. The molecule has 0 saturated carbocycles. The number of aromatic nitrogens is 1. The fraction of sp³-hybridized carbons (Fsp3) is 0.500. The van der Waals surface area contributed by atoms with Crippen LogP contribution >= 0.6 is 0 Å². The molecular weight excluding hydrogens is 260 g/mol. The van der Waals surface area contributed by atoms with Crippen LogP contribution in [0.2, 0.25) is 0 Å². The Labute approximate surface area is 117 Å². The van der Waals surface area contributed by atoms with Crippen molar-refractivity contribution < 1.29 is 19.8 Å². The van der Waals surface area contributed by atoms with Crippen LogP contribution in [0, 0.1) is 11.8 Å². The van der Waals surface area contributed by atoms with Crippen LogP contribution in [0.25, 0.3) is 0 Å². The molecule has 1 heterocycles. The Morgan fingerprint density at radius 2 is 2.05 bits per heavy atom. The highest BCUT2D eigenvalue weighted by atomic mass is 16.4. The van der Waals surface area contributed by atoms with E-state index in [9.17, 15) is 14.7 Å². The predicted molar refractivity (Wildman–Crippen MR) is 73.4 cm³/mol. The molecule has 1 rings (SSSR count). The van der Waals surface area contributed by atoms with Crippen LogP contribution in [0.3, 0.4) is 0 Å². The van der Waals surface area contributed by atoms with Crippen molar-refractivity contribution in [3.8, 4) is 5.75 Å². The van der Waals surface area contributed by atoms with Gasteiger partial charge in [-0.15, -0.1) is 0 Å². The van der Waals surface area contributed by atoms with E-state index in [4.69, 9.17) is 5.11 Å². The second kappa shape index (κ2) is 7.47. The Morgan fingerprint density at radius 1 is 1.35 bits per heavy atom. The number of hydrogen-bond acceptors (Lipinski definition) is 4. The Hall–Kier alpha value is -2.11. The van der Waals surface area contributed by atoms with E-state index in [1.165, 1.54) is 18.5 Å². The summed E-state index contributed by atoms with van der Waals surface area (Å²) in [6.45, 7) is 4.31. The second-order valence-corrected chi connectivity index (χ2v) is 5.24. The van der Waals surface area contributed by atoms with E-state index >= 15 is 0 Å². The van der Waals surface area contributed by atoms with Crippen LogP contribution < -0.4 is 5.32 Å². The topological polar surface area (TPSA) is 99.5 Å². The number of hydrogen-bond donors (Lipinski definition) is 3. The average Bonchev–Trinajstić information content (AvgIpc) is 2.34. The van der Waals surface area contributed by atoms with Gasteiger partial charge in [0.1, 0.15) is 5.75 Å². The van der Waals surface area contributed by atoms with Gasteiger partial charge in [0.05, 0.1) is 11.8 Å². The molecule has 110 valence electrons. The molecule has 0 spiro atoms. The maximum Gasteiger partial charge on any atom is 0.303 e. The van der Waals surface area contributed by atoms with Gasteiger partial charge in [-0.3, -0.25) is 14.6 Å². The lowest BCUT2D eigenvalue weighted by atomic mass is 9.94. The molecule has 0 saturated heterocycles. The summed E-state index contributed by atoms with van der Waals surface area (Å²) in [5.41, 5.74) is 0.253. The van der Waals surface area contributed by atoms with Crippen LogP contribution in [-0.4, -0.2) is 33.6 Å². The quantitative estimate of drug-likeness (QED) is 0.705. The normalized spacial score (nSPS) is 12.2. The maximum absolute atomic E-state index is 11.9. The molecule has 1 aromatic heterocycles. The third-order valence-corrected chi connectivity index (χ3v) is 2.81. The number of rotatable bonds is 7. The molecule has 0 aliphatic heterocycles. The zero-order chi connectivity index (χ0) is 15.1. The minimum Gasteiger partial charge on any atom is -0.506 e. The monoisotopic (exact) mass is 280 g/mol. The van der Waals surface area contributed by atoms with Crippen molar-refractivity contribution in [1.29, 1.82) is 0 Å². The average molecular weight is 280 g/mol. The van der Waals surface area contributed by atoms with Crippen LogP contribution in [0.5, 0.6) is 5.75 Å². The molecular formula is C14H20N2O4. The molecule has 0 aliphatic rings. The lowest BCUT2D eigenvalue weighted by Gasteiger charge is -2.17. The summed E-state index contributed by atoms with van der Waals surface area (Å²) < 4.78 is 0. The number of carbonyl (C=O) groups is 2. The van der Waals surface area contributed by atoms with Crippen molar-refractivity contribution in [2.75, 3.05) is 6.54 Å². The van der Waals surface area contributed by atoms with E-state index in [1.807, 2.05) is 13.8 Å². The molecule has 3 N–H and O–H groups in total. The van der Waals surface area contributed by atoms with Gasteiger partial charge in [-0.2, -0.15) is 0 Å². The minimum atomic E-state index is -0.871. The number of carboxylic acids is 1. The zero-order valence-electron chi connectivity index (χ0n) is 11.7. The summed E-state index contributed by atoms with van der Waals surface area (Å²) in [6.07, 6.45) is 3.34. The summed E-state index contributed by atoms with van der Waals surface area (Å²) in [4.78, 5) is 26.4. The number of amides is 1. The van der Waals surface area contributed by atoms with Gasteiger partial charge < -0.3 is 15.5 Å². The highest BCUT2D eigenvalue weighted by molar-refractivity contribution is 5.94. The fourth-order valence-electron chi connectivity index (χ4n) is 2.04. The zero-order valence-corrected chi connectivity index (χ0v) is 11.7. The van der Waals surface area contributed by atoms with Gasteiger partial charge in [0, 0.05) is 19.2 Å². The van der Waals surface area contributed by atoms with Crippen LogP contribution in [0.15, 0.2) is 18.5 Å². The number of carbonyl (C=O) groups excluding carboxylic acids is 1. The summed E-state index contributed by atoms with van der Waals surface area (Å²) >= 11 is 0. The Bertz CT molecular complexity index is 474. The van der Waals surface area contributed by atoms with Gasteiger partial charge >= 0.3 is 5.97 Å². The van der Waals surface area contributed by atoms with Crippen LogP contribution in [-0.2, 0) is 4.79 Å². The summed E-state index contributed by atoms with van der Waals surface area (Å²) in [5.74, 6) is -1.07. The number of carboxylic acid groups (broad SMARTS) is 1. The maximum atomic E-state index is 11.9. The van der Waals surface area contributed by atoms with Gasteiger partial charge in [0.15, 0.2) is 0 Å². The first-order chi connectivity index (χ1) is 9.38. The SMILES string of the molecule is CC(C)CC(CNC(=O)c1cncc(O)c1)CC(=O)O. The third-order valence-electron chi connectivity index (χ3n) is 2.81. The van der Waals surface area contributed by atoms with E-state index in [1.54, 1.807) is 0 Å². The molecule has 0 fully saturated rings. The van der Waals surface area contributed by atoms with Gasteiger partial charge in [0.25, 0.3) is 5.91 Å². The number of aromatic hydroxyl groups is 1. The molecule has 1 unspecified atom stereocenters. The van der Waals surface area contributed by atoms with E-state index in [0.717, 1.165) is 6.42 Å². The number of nitrogens with zero attached hydrogens (tertiary/aromatic N) is 1. The van der Waals surface area contributed by atoms with Crippen LogP contribution in [0.1, 0.15) is 37.0 Å². The highest BCUT2D eigenvalue weighted by Gasteiger charge is 2.16. The molecule has 20 heavy (non-hydrogen) atoms. The first kappa shape index (κ1) is 15.9. The van der Waals surface area contributed by atoms with Crippen molar-refractivity contribution in [3.63, 3.8) is 0 Å². The molecule has 1 aromatic rings. The second-order valence-electron chi connectivity index (χ2n) is 5.24. The molecule has 0 aliphatic carbocycles. The Balaban J connectivity index is 2.57. The first-order valence-corrected chi connectivity index (χ1v) is 6.52. The number of pyridine rings is 1. The van der Waals surface area contributed by atoms with Crippen LogP contribution in [0.4, 0.5) is 0 Å². The van der Waals surface area contributed by atoms with Gasteiger partial charge in [0.2, 0.25) is 0 Å². The van der Waals surface area contributed by atoms with Crippen molar-refractivity contribution >= 4 is 11.9 Å². The van der Waals surface area contributed by atoms with Gasteiger partial charge in [-0.05, 0) is 24.3 Å². The molecule has 6 heteroatoms. The minimum absolute atomic E-state index is 0.0246. The number of nitrogens with one attached hydrogen (secondary N) is 1. The van der Waals surface area contributed by atoms with E-state index in [-0.39, 0.29) is 29.6 Å². The molecule has 0 aromatic carbocycles. The van der Waals surface area contributed by atoms with Crippen molar-refractivity contribution in [1.82, 2.24) is 10.3 Å². The van der Waals surface area contributed by atoms with E-state index in [0.29, 0.717) is 12.5 Å². The van der Waals surface area contributed by atoms with Gasteiger partial charge in [-0.25, -0.2) is 0 Å². The summed E-state index contributed by atoms with van der Waals surface area (Å²) in [5, 5.41) is 20.8. The largest absolute Gasteiger partial charge is 0.506 e. The molecule has 0 bridgehead atoms. The summed E-state index contributed by atoms with van der Waals surface area (Å²) in [6, 6.07) is 1.32. The third kappa shape index (κ3) is 5.69. The lowest BCUT2D eigenvalue weighted by molar-refractivity contribution is -0.138. The molecule has 0 radical (unpaired) electrons. The van der Waals surface area contributed by atoms with E-state index in [2.05, 4.69) is 10.3 Å². The molecule has 1 amide bonds. The van der Waals surface area contributed by atoms with Crippen molar-refractivity contribution in [2.24, 2.45) is 11.8 Å². The van der Waals surface area contributed by atoms with Crippen molar-refractivity contribution in [3.05, 3.63) is 24.0 Å². The van der Waals surface area contributed by atoms with Gasteiger partial charge in [-0.1, -0.05) is 13.8 Å².